The predicted molar refractivity (Wildman–Crippen MR) is 85.9 cm³/mol. The highest BCUT2D eigenvalue weighted by Crippen LogP contribution is 2.15. The van der Waals surface area contributed by atoms with Crippen LogP contribution in [0.3, 0.4) is 0 Å². The smallest absolute Gasteiger partial charge is 0.332 e. The molecule has 0 fully saturated rings. The molecule has 23 heavy (non-hydrogen) atoms. The minimum atomic E-state index is -1.05. The Morgan fingerprint density at radius 1 is 1.22 bits per heavy atom. The number of rotatable bonds is 8. The molecule has 9 nitrogen and oxygen atoms in total. The summed E-state index contributed by atoms with van der Waals surface area (Å²) in [6.45, 7) is 4.31. The summed E-state index contributed by atoms with van der Waals surface area (Å²) >= 11 is 0. The summed E-state index contributed by atoms with van der Waals surface area (Å²) in [4.78, 5) is 35.8. The largest absolute Gasteiger partial charge is 0.480 e. The van der Waals surface area contributed by atoms with E-state index in [0.29, 0.717) is 19.5 Å². The van der Waals surface area contributed by atoms with Crippen LogP contribution in [0, 0.1) is 0 Å². The van der Waals surface area contributed by atoms with Crippen molar-refractivity contribution in [2.45, 2.75) is 46.2 Å². The Morgan fingerprint density at radius 2 is 1.96 bits per heavy atom. The van der Waals surface area contributed by atoms with Crippen molar-refractivity contribution in [2.24, 2.45) is 0 Å². The molecule has 0 amide bonds. The predicted octanol–water partition coefficient (Wildman–Crippen LogP) is 0.593. The first-order valence-electron chi connectivity index (χ1n) is 7.68. The molecule has 3 N–H and O–H groups in total. The van der Waals surface area contributed by atoms with Gasteiger partial charge in [0, 0.05) is 13.1 Å². The van der Waals surface area contributed by atoms with Crippen LogP contribution in [0.1, 0.15) is 33.1 Å². The van der Waals surface area contributed by atoms with Crippen LogP contribution in [0.2, 0.25) is 0 Å². The number of hydrogen-bond donors (Lipinski definition) is 3. The van der Waals surface area contributed by atoms with Crippen molar-refractivity contribution in [3.63, 3.8) is 0 Å². The highest BCUT2D eigenvalue weighted by Gasteiger charge is 2.19. The van der Waals surface area contributed by atoms with Gasteiger partial charge >= 0.3 is 11.7 Å². The zero-order chi connectivity index (χ0) is 17.0. The van der Waals surface area contributed by atoms with E-state index >= 15 is 0 Å². The topological polar surface area (TPSA) is 122 Å². The van der Waals surface area contributed by atoms with Crippen molar-refractivity contribution in [3.05, 3.63) is 20.8 Å². The van der Waals surface area contributed by atoms with Gasteiger partial charge in [-0.3, -0.25) is 23.8 Å². The summed E-state index contributed by atoms with van der Waals surface area (Å²) in [6.07, 6.45) is 2.32. The Kier molecular flexibility index (Phi) is 5.20. The van der Waals surface area contributed by atoms with Crippen molar-refractivity contribution in [2.75, 3.05) is 11.9 Å². The van der Waals surface area contributed by atoms with E-state index in [1.165, 1.54) is 9.13 Å². The van der Waals surface area contributed by atoms with Gasteiger partial charge < -0.3 is 10.4 Å². The van der Waals surface area contributed by atoms with Crippen LogP contribution in [0.5, 0.6) is 0 Å². The fourth-order valence-electron chi connectivity index (χ4n) is 2.42. The van der Waals surface area contributed by atoms with E-state index in [-0.39, 0.29) is 29.1 Å². The summed E-state index contributed by atoms with van der Waals surface area (Å²) in [5.74, 6) is -0.830. The number of carboxylic acids is 1. The third-order valence-electron chi connectivity index (χ3n) is 3.52. The highest BCUT2D eigenvalue weighted by molar-refractivity contribution is 5.88. The highest BCUT2D eigenvalue weighted by atomic mass is 16.4. The third-order valence-corrected chi connectivity index (χ3v) is 3.52. The molecule has 0 atom stereocenters. The maximum absolute atomic E-state index is 12.6. The summed E-state index contributed by atoms with van der Waals surface area (Å²) in [6, 6.07) is 0. The molecular formula is C14H21N5O4. The quantitative estimate of drug-likeness (QED) is 0.653. The van der Waals surface area contributed by atoms with Gasteiger partial charge in [-0.05, 0) is 12.8 Å². The molecule has 0 radical (unpaired) electrons. The van der Waals surface area contributed by atoms with Gasteiger partial charge in [0.15, 0.2) is 5.65 Å². The number of aliphatic carboxylic acids is 1. The van der Waals surface area contributed by atoms with Gasteiger partial charge in [0.1, 0.15) is 17.7 Å². The van der Waals surface area contributed by atoms with E-state index in [1.807, 2.05) is 13.8 Å². The number of aryl methyl sites for hydroxylation is 1. The lowest BCUT2D eigenvalue weighted by Crippen LogP contribution is -2.40. The number of anilines is 1. The molecule has 0 saturated carbocycles. The van der Waals surface area contributed by atoms with Gasteiger partial charge in [-0.1, -0.05) is 20.3 Å². The number of carbonyl (C=O) groups is 1. The summed E-state index contributed by atoms with van der Waals surface area (Å²) in [5.41, 5.74) is -0.580. The van der Waals surface area contributed by atoms with Gasteiger partial charge in [0.25, 0.3) is 5.56 Å². The van der Waals surface area contributed by atoms with E-state index in [1.54, 1.807) is 0 Å². The molecule has 0 saturated heterocycles. The molecule has 9 heteroatoms. The fraction of sp³-hybridized carbons (Fsp3) is 0.571. The van der Waals surface area contributed by atoms with Crippen LogP contribution in [0.15, 0.2) is 9.59 Å². The number of nitrogens with one attached hydrogen (secondary N) is 2. The monoisotopic (exact) mass is 323 g/mol. The maximum Gasteiger partial charge on any atom is 0.332 e. The number of unbranched alkanes of at least 4 members (excludes halogenated alkanes) is 1. The molecule has 2 aromatic rings. The number of nitrogens with zero attached hydrogens (tertiary/aromatic N) is 3. The normalized spacial score (nSPS) is 11.0. The van der Waals surface area contributed by atoms with Gasteiger partial charge in [0.05, 0.1) is 0 Å². The molecular weight excluding hydrogens is 302 g/mol. The van der Waals surface area contributed by atoms with E-state index in [0.717, 1.165) is 12.8 Å². The second-order valence-electron chi connectivity index (χ2n) is 5.29. The molecule has 0 aliphatic heterocycles. The molecule has 0 aliphatic rings. The molecule has 0 aromatic carbocycles. The molecule has 0 spiro atoms. The summed E-state index contributed by atoms with van der Waals surface area (Å²) in [5, 5.41) is 18.3. The van der Waals surface area contributed by atoms with Crippen molar-refractivity contribution < 1.29 is 9.90 Å². The molecule has 0 bridgehead atoms. The van der Waals surface area contributed by atoms with Gasteiger partial charge in [-0.2, -0.15) is 5.10 Å². The average Bonchev–Trinajstić information content (AvgIpc) is 2.93. The maximum atomic E-state index is 12.6. The Labute approximate surface area is 131 Å². The van der Waals surface area contributed by atoms with E-state index < -0.39 is 11.5 Å². The third kappa shape index (κ3) is 3.27. The number of hydrogen-bond acceptors (Lipinski definition) is 5. The van der Waals surface area contributed by atoms with Gasteiger partial charge in [-0.15, -0.1) is 0 Å². The first kappa shape index (κ1) is 16.8. The van der Waals surface area contributed by atoms with E-state index in [9.17, 15) is 14.4 Å². The standard InChI is InChI=1S/C14H21N5O4/c1-3-5-7-18-12-10(11(16-17-12)15-8-9(20)21)13(22)19(6-4-2)14(18)23/h3-8H2,1-2H3,(H,20,21)(H2,15,16,17). The zero-order valence-corrected chi connectivity index (χ0v) is 13.3. The zero-order valence-electron chi connectivity index (χ0n) is 13.3. The minimum absolute atomic E-state index is 0.218. The van der Waals surface area contributed by atoms with E-state index in [2.05, 4.69) is 15.5 Å². The average molecular weight is 323 g/mol. The van der Waals surface area contributed by atoms with Crippen LogP contribution >= 0.6 is 0 Å². The van der Waals surface area contributed by atoms with Crippen LogP contribution in [0.25, 0.3) is 11.0 Å². The lowest BCUT2D eigenvalue weighted by atomic mass is 10.3. The van der Waals surface area contributed by atoms with Gasteiger partial charge in [0.2, 0.25) is 0 Å². The fourth-order valence-corrected chi connectivity index (χ4v) is 2.42. The second kappa shape index (κ2) is 7.12. The first-order chi connectivity index (χ1) is 11.0. The molecule has 2 rings (SSSR count). The Hall–Kier alpha value is -2.58. The molecule has 0 aliphatic carbocycles. The number of fused-ring (bicyclic) bond motifs is 1. The molecule has 2 heterocycles. The lowest BCUT2D eigenvalue weighted by molar-refractivity contribution is -0.134. The number of H-pyrrole nitrogens is 1. The van der Waals surface area contributed by atoms with Crippen molar-refractivity contribution in [1.29, 1.82) is 0 Å². The summed E-state index contributed by atoms with van der Waals surface area (Å²) in [7, 11) is 0. The van der Waals surface area contributed by atoms with Crippen molar-refractivity contribution in [3.8, 4) is 0 Å². The lowest BCUT2D eigenvalue weighted by Gasteiger charge is -2.10. The van der Waals surface area contributed by atoms with Crippen LogP contribution in [0.4, 0.5) is 5.82 Å². The number of aromatic amines is 1. The van der Waals surface area contributed by atoms with Gasteiger partial charge in [-0.25, -0.2) is 4.79 Å². The molecule has 0 unspecified atom stereocenters. The minimum Gasteiger partial charge on any atom is -0.480 e. The Morgan fingerprint density at radius 3 is 2.57 bits per heavy atom. The summed E-state index contributed by atoms with van der Waals surface area (Å²) < 4.78 is 2.65. The Bertz CT molecular complexity index is 817. The van der Waals surface area contributed by atoms with Crippen LogP contribution in [-0.4, -0.2) is 37.0 Å². The number of carboxylic acid groups (broad SMARTS) is 1. The first-order valence-corrected chi connectivity index (χ1v) is 7.68. The molecule has 2 aromatic heterocycles. The van der Waals surface area contributed by atoms with Crippen molar-refractivity contribution >= 4 is 22.8 Å². The molecule has 126 valence electrons. The Balaban J connectivity index is 2.66. The van der Waals surface area contributed by atoms with Crippen LogP contribution < -0.4 is 16.6 Å². The SMILES string of the molecule is CCCCn1c(=O)n(CCC)c(=O)c2c(NCC(=O)O)[nH]nc21. The van der Waals surface area contributed by atoms with E-state index in [4.69, 9.17) is 5.11 Å². The second-order valence-corrected chi connectivity index (χ2v) is 5.29. The van der Waals surface area contributed by atoms with Crippen LogP contribution in [-0.2, 0) is 17.9 Å². The number of aromatic nitrogens is 4. The van der Waals surface area contributed by atoms with Crippen molar-refractivity contribution in [1.82, 2.24) is 19.3 Å².